The van der Waals surface area contributed by atoms with E-state index in [0.717, 1.165) is 11.3 Å². The zero-order valence-electron chi connectivity index (χ0n) is 17.1. The molecule has 0 saturated carbocycles. The first-order valence-electron chi connectivity index (χ1n) is 9.86. The third kappa shape index (κ3) is 4.11. The lowest BCUT2D eigenvalue weighted by molar-refractivity contribution is -0.116. The summed E-state index contributed by atoms with van der Waals surface area (Å²) in [6.07, 6.45) is -0.314. The SMILES string of the molecule is CC(=O)N1CCc2cc(C(=O)C(C)OC(=O)c3ccc(-c4ccccc4Cl)o3)ccc21. The first-order valence-corrected chi connectivity index (χ1v) is 10.2. The standard InChI is InChI=1S/C24H20ClNO5/c1-14(23(28)17-7-8-20-16(13-17)11-12-26(20)15(2)27)30-24(29)22-10-9-21(31-22)18-5-3-4-6-19(18)25/h3-10,13-14H,11-12H2,1-2H3. The second-order valence-corrected chi connectivity index (χ2v) is 7.73. The third-order valence-corrected chi connectivity index (χ3v) is 5.57. The second kappa shape index (κ2) is 8.40. The van der Waals surface area contributed by atoms with E-state index in [1.165, 1.54) is 19.9 Å². The summed E-state index contributed by atoms with van der Waals surface area (Å²) in [5.74, 6) is -0.668. The van der Waals surface area contributed by atoms with E-state index in [-0.39, 0.29) is 17.5 Å². The highest BCUT2D eigenvalue weighted by atomic mass is 35.5. The van der Waals surface area contributed by atoms with E-state index in [9.17, 15) is 14.4 Å². The number of furan rings is 1. The van der Waals surface area contributed by atoms with Crippen molar-refractivity contribution >= 4 is 34.9 Å². The molecule has 0 N–H and O–H groups in total. The molecule has 2 heterocycles. The molecule has 1 atom stereocenters. The summed E-state index contributed by atoms with van der Waals surface area (Å²) in [5, 5.41) is 0.500. The summed E-state index contributed by atoms with van der Waals surface area (Å²) in [6.45, 7) is 3.63. The van der Waals surface area contributed by atoms with E-state index >= 15 is 0 Å². The minimum absolute atomic E-state index is 0.0133. The number of rotatable bonds is 5. The number of carbonyl (C=O) groups is 3. The number of anilines is 1. The number of hydrogen-bond acceptors (Lipinski definition) is 5. The molecule has 0 radical (unpaired) electrons. The molecule has 3 aromatic rings. The van der Waals surface area contributed by atoms with Gasteiger partial charge in [-0.15, -0.1) is 0 Å². The van der Waals surface area contributed by atoms with Crippen molar-refractivity contribution in [3.8, 4) is 11.3 Å². The number of carbonyl (C=O) groups excluding carboxylic acids is 3. The third-order valence-electron chi connectivity index (χ3n) is 5.24. The fraction of sp³-hybridized carbons (Fsp3) is 0.208. The van der Waals surface area contributed by atoms with Gasteiger partial charge in [0.25, 0.3) is 0 Å². The molecule has 2 aromatic carbocycles. The maximum Gasteiger partial charge on any atom is 0.374 e. The van der Waals surface area contributed by atoms with Crippen LogP contribution in [0.4, 0.5) is 5.69 Å². The lowest BCUT2D eigenvalue weighted by Gasteiger charge is -2.15. The van der Waals surface area contributed by atoms with Crippen LogP contribution in [-0.4, -0.2) is 30.3 Å². The first-order chi connectivity index (χ1) is 14.8. The molecule has 0 saturated heterocycles. The fourth-order valence-corrected chi connectivity index (χ4v) is 3.87. The number of hydrogen-bond donors (Lipinski definition) is 0. The first kappa shape index (κ1) is 20.9. The van der Waals surface area contributed by atoms with Crippen molar-refractivity contribution < 1.29 is 23.5 Å². The van der Waals surface area contributed by atoms with Crippen LogP contribution in [0.2, 0.25) is 5.02 Å². The number of benzene rings is 2. The Kier molecular flexibility index (Phi) is 5.65. The largest absolute Gasteiger partial charge is 0.449 e. The fourth-order valence-electron chi connectivity index (χ4n) is 3.64. The van der Waals surface area contributed by atoms with Crippen molar-refractivity contribution in [2.24, 2.45) is 0 Å². The molecule has 1 amide bonds. The predicted octanol–water partition coefficient (Wildman–Crippen LogP) is 4.94. The van der Waals surface area contributed by atoms with Crippen molar-refractivity contribution in [3.05, 3.63) is 76.5 Å². The monoisotopic (exact) mass is 437 g/mol. The summed E-state index contributed by atoms with van der Waals surface area (Å²) in [5.41, 5.74) is 2.83. The van der Waals surface area contributed by atoms with E-state index in [0.29, 0.717) is 34.9 Å². The molecule has 0 bridgehead atoms. The number of halogens is 1. The predicted molar refractivity (Wildman–Crippen MR) is 117 cm³/mol. The maximum absolute atomic E-state index is 12.8. The van der Waals surface area contributed by atoms with Crippen LogP contribution in [0, 0.1) is 0 Å². The molecule has 6 nitrogen and oxygen atoms in total. The van der Waals surface area contributed by atoms with Gasteiger partial charge in [-0.05, 0) is 61.4 Å². The zero-order valence-corrected chi connectivity index (χ0v) is 17.8. The molecule has 1 aromatic heterocycles. The van der Waals surface area contributed by atoms with Crippen LogP contribution in [0.3, 0.4) is 0 Å². The molecule has 1 unspecified atom stereocenters. The van der Waals surface area contributed by atoms with E-state index in [4.69, 9.17) is 20.8 Å². The zero-order chi connectivity index (χ0) is 22.1. The van der Waals surface area contributed by atoms with Crippen molar-refractivity contribution in [2.75, 3.05) is 11.4 Å². The quantitative estimate of drug-likeness (QED) is 0.417. The number of fused-ring (bicyclic) bond motifs is 1. The molecule has 0 aliphatic carbocycles. The van der Waals surface area contributed by atoms with E-state index in [2.05, 4.69) is 0 Å². The van der Waals surface area contributed by atoms with Gasteiger partial charge in [0, 0.05) is 30.3 Å². The van der Waals surface area contributed by atoms with Gasteiger partial charge in [-0.3, -0.25) is 9.59 Å². The Bertz CT molecular complexity index is 1180. The van der Waals surface area contributed by atoms with Crippen LogP contribution < -0.4 is 4.90 Å². The van der Waals surface area contributed by atoms with Crippen LogP contribution >= 0.6 is 11.6 Å². The van der Waals surface area contributed by atoms with Gasteiger partial charge in [-0.1, -0.05) is 23.7 Å². The number of nitrogens with zero attached hydrogens (tertiary/aromatic N) is 1. The Hall–Kier alpha value is -3.38. The van der Waals surface area contributed by atoms with Crippen molar-refractivity contribution in [1.29, 1.82) is 0 Å². The Morgan fingerprint density at radius 3 is 2.61 bits per heavy atom. The number of esters is 1. The van der Waals surface area contributed by atoms with Crippen LogP contribution in [-0.2, 0) is 16.0 Å². The number of amides is 1. The van der Waals surface area contributed by atoms with Crippen molar-refractivity contribution in [3.63, 3.8) is 0 Å². The molecule has 31 heavy (non-hydrogen) atoms. The maximum atomic E-state index is 12.8. The summed E-state index contributed by atoms with van der Waals surface area (Å²) >= 11 is 6.17. The normalized spacial score (nSPS) is 13.6. The molecule has 7 heteroatoms. The Labute approximate surface area is 184 Å². The minimum Gasteiger partial charge on any atom is -0.449 e. The molecular formula is C24H20ClNO5. The van der Waals surface area contributed by atoms with E-state index < -0.39 is 12.1 Å². The van der Waals surface area contributed by atoms with Crippen molar-refractivity contribution in [2.45, 2.75) is 26.4 Å². The summed E-state index contributed by atoms with van der Waals surface area (Å²) < 4.78 is 10.9. The summed E-state index contributed by atoms with van der Waals surface area (Å²) in [6, 6.07) is 15.4. The highest BCUT2D eigenvalue weighted by Gasteiger charge is 2.26. The molecule has 158 valence electrons. The lowest BCUT2D eigenvalue weighted by atomic mass is 10.0. The number of Topliss-reactive ketones (excluding diaryl/α,β-unsaturated/α-hetero) is 1. The van der Waals surface area contributed by atoms with Gasteiger partial charge in [-0.25, -0.2) is 4.79 Å². The van der Waals surface area contributed by atoms with Gasteiger partial charge in [0.05, 0.1) is 5.02 Å². The molecule has 1 aliphatic rings. The average Bonchev–Trinajstić information content (AvgIpc) is 3.40. The van der Waals surface area contributed by atoms with E-state index in [1.807, 2.05) is 6.07 Å². The number of ketones is 1. The topological polar surface area (TPSA) is 76.8 Å². The second-order valence-electron chi connectivity index (χ2n) is 7.32. The summed E-state index contributed by atoms with van der Waals surface area (Å²) in [7, 11) is 0. The molecule has 4 rings (SSSR count). The van der Waals surface area contributed by atoms with Gasteiger partial charge < -0.3 is 14.1 Å². The van der Waals surface area contributed by atoms with Gasteiger partial charge in [-0.2, -0.15) is 0 Å². The lowest BCUT2D eigenvalue weighted by Crippen LogP contribution is -2.26. The minimum atomic E-state index is -0.996. The highest BCUT2D eigenvalue weighted by molar-refractivity contribution is 6.33. The Morgan fingerprint density at radius 1 is 1.10 bits per heavy atom. The van der Waals surface area contributed by atoms with Crippen LogP contribution in [0.25, 0.3) is 11.3 Å². The highest BCUT2D eigenvalue weighted by Crippen LogP contribution is 2.31. The van der Waals surface area contributed by atoms with Crippen molar-refractivity contribution in [1.82, 2.24) is 0 Å². The van der Waals surface area contributed by atoms with E-state index in [1.54, 1.807) is 47.4 Å². The molecule has 0 fully saturated rings. The van der Waals surface area contributed by atoms with Gasteiger partial charge >= 0.3 is 5.97 Å². The van der Waals surface area contributed by atoms with Gasteiger partial charge in [0.15, 0.2) is 6.10 Å². The average molecular weight is 438 g/mol. The smallest absolute Gasteiger partial charge is 0.374 e. The van der Waals surface area contributed by atoms with Gasteiger partial charge in [0.2, 0.25) is 17.5 Å². The van der Waals surface area contributed by atoms with Gasteiger partial charge in [0.1, 0.15) is 5.76 Å². The van der Waals surface area contributed by atoms with Crippen LogP contribution in [0.15, 0.2) is 59.0 Å². The van der Waals surface area contributed by atoms with Crippen LogP contribution in [0.5, 0.6) is 0 Å². The van der Waals surface area contributed by atoms with Crippen LogP contribution in [0.1, 0.15) is 40.3 Å². The molecule has 0 spiro atoms. The molecule has 1 aliphatic heterocycles. The summed E-state index contributed by atoms with van der Waals surface area (Å²) in [4.78, 5) is 38.6. The molecular weight excluding hydrogens is 418 g/mol. The Morgan fingerprint density at radius 2 is 1.87 bits per heavy atom. The Balaban J connectivity index is 1.46. The number of ether oxygens (including phenoxy) is 1.